The lowest BCUT2D eigenvalue weighted by Crippen LogP contribution is -2.42. The van der Waals surface area contributed by atoms with Gasteiger partial charge in [-0.2, -0.15) is 5.10 Å². The molecule has 2 unspecified atom stereocenters. The molecule has 7 nitrogen and oxygen atoms in total. The van der Waals surface area contributed by atoms with Crippen molar-refractivity contribution in [2.24, 2.45) is 0 Å². The summed E-state index contributed by atoms with van der Waals surface area (Å²) in [6, 6.07) is 12.8. The van der Waals surface area contributed by atoms with E-state index in [-0.39, 0.29) is 18.1 Å². The van der Waals surface area contributed by atoms with Crippen LogP contribution in [0.3, 0.4) is 0 Å². The molecule has 33 heavy (non-hydrogen) atoms. The molecule has 2 aliphatic rings. The lowest BCUT2D eigenvalue weighted by Gasteiger charge is -2.28. The van der Waals surface area contributed by atoms with E-state index in [2.05, 4.69) is 15.4 Å². The van der Waals surface area contributed by atoms with E-state index in [0.29, 0.717) is 29.7 Å². The SMILES string of the molecule is O=C(NC1CCCOc2cccc(Cl)c21)N1CCCC1c1ncnn1Cc1ccc(Cl)cc1. The van der Waals surface area contributed by atoms with Gasteiger partial charge < -0.3 is 15.0 Å². The van der Waals surface area contributed by atoms with E-state index in [9.17, 15) is 4.79 Å². The van der Waals surface area contributed by atoms with Gasteiger partial charge >= 0.3 is 6.03 Å². The van der Waals surface area contributed by atoms with E-state index in [0.717, 1.165) is 48.4 Å². The van der Waals surface area contributed by atoms with Crippen LogP contribution in [0.2, 0.25) is 10.0 Å². The minimum Gasteiger partial charge on any atom is -0.493 e. The van der Waals surface area contributed by atoms with Gasteiger partial charge in [-0.25, -0.2) is 14.5 Å². The zero-order valence-corrected chi connectivity index (χ0v) is 19.6. The first kappa shape index (κ1) is 22.0. The maximum Gasteiger partial charge on any atom is 0.318 e. The molecule has 172 valence electrons. The van der Waals surface area contributed by atoms with E-state index in [1.54, 1.807) is 6.33 Å². The van der Waals surface area contributed by atoms with Crippen LogP contribution in [0, 0.1) is 0 Å². The Balaban J connectivity index is 1.34. The van der Waals surface area contributed by atoms with Crippen molar-refractivity contribution in [2.75, 3.05) is 13.2 Å². The minimum absolute atomic E-state index is 0.115. The molecule has 5 rings (SSSR count). The first-order valence-corrected chi connectivity index (χ1v) is 12.0. The van der Waals surface area contributed by atoms with E-state index < -0.39 is 0 Å². The molecule has 1 fully saturated rings. The Morgan fingerprint density at radius 3 is 2.82 bits per heavy atom. The fourth-order valence-corrected chi connectivity index (χ4v) is 5.09. The molecule has 1 aromatic heterocycles. The standard InChI is InChI=1S/C24H25Cl2N5O2/c25-17-10-8-16(9-11-17)14-31-23(27-15-28-31)20-6-2-12-30(20)24(32)29-19-5-3-13-33-21-7-1-4-18(26)22(19)21/h1,4,7-11,15,19-20H,2-3,5-6,12-14H2,(H,29,32). The van der Waals surface area contributed by atoms with Crippen LogP contribution in [-0.2, 0) is 6.54 Å². The van der Waals surface area contributed by atoms with Crippen molar-refractivity contribution in [3.63, 3.8) is 0 Å². The Morgan fingerprint density at radius 2 is 1.97 bits per heavy atom. The Bertz CT molecular complexity index is 1130. The molecular formula is C24H25Cl2N5O2. The molecule has 0 saturated carbocycles. The minimum atomic E-state index is -0.197. The van der Waals surface area contributed by atoms with Crippen molar-refractivity contribution in [1.29, 1.82) is 0 Å². The van der Waals surface area contributed by atoms with Gasteiger partial charge in [-0.05, 0) is 55.5 Å². The van der Waals surface area contributed by atoms with Crippen LogP contribution in [-0.4, -0.2) is 38.8 Å². The van der Waals surface area contributed by atoms with Crippen molar-refractivity contribution < 1.29 is 9.53 Å². The number of halogens is 2. The molecule has 2 aliphatic heterocycles. The van der Waals surface area contributed by atoms with Crippen LogP contribution >= 0.6 is 23.2 Å². The Kier molecular flexibility index (Phi) is 6.42. The third kappa shape index (κ3) is 4.66. The second kappa shape index (κ2) is 9.61. The van der Waals surface area contributed by atoms with Crippen molar-refractivity contribution in [3.05, 3.63) is 75.8 Å². The summed E-state index contributed by atoms with van der Waals surface area (Å²) in [7, 11) is 0. The average Bonchev–Trinajstić information content (AvgIpc) is 3.42. The fourth-order valence-electron chi connectivity index (χ4n) is 4.67. The van der Waals surface area contributed by atoms with Crippen LogP contribution < -0.4 is 10.1 Å². The van der Waals surface area contributed by atoms with Gasteiger partial charge in [0.05, 0.1) is 25.2 Å². The van der Waals surface area contributed by atoms with Crippen molar-refractivity contribution in [1.82, 2.24) is 25.0 Å². The molecule has 2 atom stereocenters. The third-order valence-corrected chi connectivity index (χ3v) is 6.84. The van der Waals surface area contributed by atoms with Gasteiger partial charge in [0, 0.05) is 22.2 Å². The number of rotatable bonds is 4. The number of fused-ring (bicyclic) bond motifs is 1. The maximum atomic E-state index is 13.4. The zero-order chi connectivity index (χ0) is 22.8. The third-order valence-electron chi connectivity index (χ3n) is 6.26. The topological polar surface area (TPSA) is 72.3 Å². The number of aromatic nitrogens is 3. The van der Waals surface area contributed by atoms with Gasteiger partial charge in [0.1, 0.15) is 17.9 Å². The average molecular weight is 486 g/mol. The molecule has 9 heteroatoms. The molecule has 1 saturated heterocycles. The van der Waals surface area contributed by atoms with Gasteiger partial charge in [0.25, 0.3) is 0 Å². The molecule has 0 radical (unpaired) electrons. The van der Waals surface area contributed by atoms with E-state index in [1.807, 2.05) is 52.0 Å². The molecule has 0 aliphatic carbocycles. The monoisotopic (exact) mass is 485 g/mol. The lowest BCUT2D eigenvalue weighted by molar-refractivity contribution is 0.185. The molecule has 2 aromatic carbocycles. The van der Waals surface area contributed by atoms with Gasteiger partial charge in [-0.3, -0.25) is 0 Å². The summed E-state index contributed by atoms with van der Waals surface area (Å²) in [6.07, 6.45) is 4.93. The number of hydrogen-bond donors (Lipinski definition) is 1. The summed E-state index contributed by atoms with van der Waals surface area (Å²) in [6.45, 7) is 1.85. The number of amides is 2. The first-order chi connectivity index (χ1) is 16.1. The van der Waals surface area contributed by atoms with Gasteiger partial charge in [-0.15, -0.1) is 0 Å². The number of benzene rings is 2. The summed E-state index contributed by atoms with van der Waals surface area (Å²) >= 11 is 12.5. The highest BCUT2D eigenvalue weighted by molar-refractivity contribution is 6.31. The highest BCUT2D eigenvalue weighted by Crippen LogP contribution is 2.38. The second-order valence-electron chi connectivity index (χ2n) is 8.40. The van der Waals surface area contributed by atoms with Crippen molar-refractivity contribution in [3.8, 4) is 5.75 Å². The van der Waals surface area contributed by atoms with E-state index >= 15 is 0 Å². The summed E-state index contributed by atoms with van der Waals surface area (Å²) in [5.41, 5.74) is 1.93. The number of carbonyl (C=O) groups excluding carboxylic acids is 1. The summed E-state index contributed by atoms with van der Waals surface area (Å²) in [5, 5.41) is 8.95. The zero-order valence-electron chi connectivity index (χ0n) is 18.1. The molecule has 0 bridgehead atoms. The van der Waals surface area contributed by atoms with E-state index in [1.165, 1.54) is 0 Å². The van der Waals surface area contributed by atoms with E-state index in [4.69, 9.17) is 27.9 Å². The number of ether oxygens (including phenoxy) is 1. The molecular weight excluding hydrogens is 461 g/mol. The van der Waals surface area contributed by atoms with Gasteiger partial charge in [-0.1, -0.05) is 41.4 Å². The quantitative estimate of drug-likeness (QED) is 0.537. The Labute approximate surface area is 202 Å². The summed E-state index contributed by atoms with van der Waals surface area (Å²) < 4.78 is 7.71. The Morgan fingerprint density at radius 1 is 1.12 bits per heavy atom. The molecule has 2 amide bonds. The number of nitrogens with zero attached hydrogens (tertiary/aromatic N) is 4. The smallest absolute Gasteiger partial charge is 0.318 e. The summed E-state index contributed by atoms with van der Waals surface area (Å²) in [4.78, 5) is 19.8. The first-order valence-electron chi connectivity index (χ1n) is 11.2. The maximum absolute atomic E-state index is 13.4. The lowest BCUT2D eigenvalue weighted by atomic mass is 10.0. The normalized spacial score (nSPS) is 20.1. The van der Waals surface area contributed by atoms with Crippen LogP contribution in [0.5, 0.6) is 5.75 Å². The van der Waals surface area contributed by atoms with Crippen LogP contribution in [0.25, 0.3) is 0 Å². The van der Waals surface area contributed by atoms with Crippen LogP contribution in [0.4, 0.5) is 4.79 Å². The number of nitrogens with one attached hydrogen (secondary N) is 1. The van der Waals surface area contributed by atoms with Crippen LogP contribution in [0.1, 0.15) is 54.7 Å². The van der Waals surface area contributed by atoms with Crippen LogP contribution in [0.15, 0.2) is 48.8 Å². The predicted octanol–water partition coefficient (Wildman–Crippen LogP) is 5.39. The molecule has 3 heterocycles. The second-order valence-corrected chi connectivity index (χ2v) is 9.24. The number of likely N-dealkylation sites (tertiary alicyclic amines) is 1. The van der Waals surface area contributed by atoms with Gasteiger partial charge in [0.2, 0.25) is 0 Å². The molecule has 0 spiro atoms. The number of carbonyl (C=O) groups is 1. The van der Waals surface area contributed by atoms with Crippen molar-refractivity contribution in [2.45, 2.75) is 44.3 Å². The molecule has 1 N–H and O–H groups in total. The van der Waals surface area contributed by atoms with Gasteiger partial charge in [0.15, 0.2) is 0 Å². The number of hydrogen-bond acceptors (Lipinski definition) is 4. The van der Waals surface area contributed by atoms with Crippen molar-refractivity contribution >= 4 is 29.2 Å². The highest BCUT2D eigenvalue weighted by atomic mass is 35.5. The molecule has 3 aromatic rings. The highest BCUT2D eigenvalue weighted by Gasteiger charge is 2.35. The Hall–Kier alpha value is -2.77. The number of urea groups is 1. The summed E-state index contributed by atoms with van der Waals surface area (Å²) in [5.74, 6) is 1.53. The fraction of sp³-hybridized carbons (Fsp3) is 0.375. The largest absolute Gasteiger partial charge is 0.493 e. The predicted molar refractivity (Wildman–Crippen MR) is 127 cm³/mol.